The van der Waals surface area contributed by atoms with Crippen molar-refractivity contribution >= 4 is 35.3 Å². The maximum Gasteiger partial charge on any atom is 0.253 e. The van der Waals surface area contributed by atoms with E-state index in [2.05, 4.69) is 40.3 Å². The van der Waals surface area contributed by atoms with Crippen molar-refractivity contribution in [2.24, 2.45) is 28.3 Å². The van der Waals surface area contributed by atoms with Crippen LogP contribution in [0.4, 0.5) is 0 Å². The number of rotatable bonds is 21. The number of carbonyl (C=O) groups is 5. The van der Waals surface area contributed by atoms with Gasteiger partial charge in [0, 0.05) is 36.6 Å². The van der Waals surface area contributed by atoms with Crippen molar-refractivity contribution in [1.82, 2.24) is 21.3 Å². The van der Waals surface area contributed by atoms with Crippen LogP contribution in [-0.2, 0) is 36.8 Å². The predicted molar refractivity (Wildman–Crippen MR) is 275 cm³/mol. The number of unbranched alkanes of at least 4 members (excludes halogenated alkanes) is 1. The van der Waals surface area contributed by atoms with E-state index in [0.29, 0.717) is 81.5 Å². The highest BCUT2D eigenvalue weighted by atomic mass is 16.5. The summed E-state index contributed by atoms with van der Waals surface area (Å²) in [5.74, 6) is -2.44. The summed E-state index contributed by atoms with van der Waals surface area (Å²) >= 11 is 0. The van der Waals surface area contributed by atoms with Gasteiger partial charge in [-0.2, -0.15) is 5.26 Å². The number of nitrogens with one attached hydrogen (secondary N) is 4. The van der Waals surface area contributed by atoms with E-state index in [4.69, 9.17) is 30.7 Å². The fourth-order valence-corrected chi connectivity index (χ4v) is 8.87. The SMILES string of the molecule is CCCCc1ccc(OC2=NC(C)=C(C(=O)N[C@@H](CCC)C(=O)C(C)C[C@@H]3C(=O)N[C@@H](C)C(=O)N[C@H](C(=O)NCC#N)Cc4ccc(OCCN)c(c4)-c4cc3ccc4OCCN)C(C)=CC2CC)cc1. The molecule has 3 aromatic rings. The molecule has 4 amide bonds. The first kappa shape index (κ1) is 55.1. The lowest BCUT2D eigenvalue weighted by atomic mass is 9.83. The van der Waals surface area contributed by atoms with Crippen molar-refractivity contribution < 1.29 is 38.2 Å². The van der Waals surface area contributed by atoms with Gasteiger partial charge in [0.15, 0.2) is 5.78 Å². The second-order valence-corrected chi connectivity index (χ2v) is 18.3. The number of hydrogen-bond donors (Lipinski definition) is 6. The molecule has 5 rings (SSSR count). The fraction of sp³-hybridized carbons (Fsp3) is 0.473. The van der Waals surface area contributed by atoms with E-state index in [-0.39, 0.29) is 57.4 Å². The number of amides is 4. The summed E-state index contributed by atoms with van der Waals surface area (Å²) in [6.07, 6.45) is 6.82. The van der Waals surface area contributed by atoms with Gasteiger partial charge in [-0.15, -0.1) is 0 Å². The number of aliphatic imine (C=N–C) groups is 1. The van der Waals surface area contributed by atoms with E-state index < -0.39 is 53.6 Å². The Hall–Kier alpha value is -6.83. The van der Waals surface area contributed by atoms with Crippen molar-refractivity contribution in [3.8, 4) is 34.4 Å². The summed E-state index contributed by atoms with van der Waals surface area (Å²) in [5.41, 5.74) is 16.8. The average Bonchev–Trinajstić information content (AvgIpc) is 3.48. The minimum Gasteiger partial charge on any atom is -0.492 e. The highest BCUT2D eigenvalue weighted by molar-refractivity contribution is 6.03. The molecule has 380 valence electrons. The maximum atomic E-state index is 14.7. The zero-order valence-corrected chi connectivity index (χ0v) is 42.3. The first-order chi connectivity index (χ1) is 34.2. The molecule has 6 atom stereocenters. The van der Waals surface area contributed by atoms with Crippen LogP contribution < -0.4 is 46.9 Å². The minimum atomic E-state index is -1.12. The van der Waals surface area contributed by atoms with Crippen LogP contribution in [0.15, 0.2) is 88.6 Å². The Morgan fingerprint density at radius 2 is 1.58 bits per heavy atom. The third kappa shape index (κ3) is 14.8. The molecule has 0 saturated heterocycles. The van der Waals surface area contributed by atoms with Crippen LogP contribution in [0, 0.1) is 23.2 Å². The monoisotopic (exact) mass is 973 g/mol. The number of benzene rings is 3. The predicted octanol–water partition coefficient (Wildman–Crippen LogP) is 6.26. The molecule has 2 heterocycles. The number of allylic oxidation sites excluding steroid dienone is 1. The Morgan fingerprint density at radius 3 is 2.21 bits per heavy atom. The molecule has 0 fully saturated rings. The molecule has 0 spiro atoms. The molecule has 4 bridgehead atoms. The quantitative estimate of drug-likeness (QED) is 0.0651. The number of hydrogen-bond acceptors (Lipinski definition) is 12. The van der Waals surface area contributed by atoms with Crippen LogP contribution in [0.3, 0.4) is 0 Å². The highest BCUT2D eigenvalue weighted by Crippen LogP contribution is 2.41. The molecule has 0 aromatic heterocycles. The lowest BCUT2D eigenvalue weighted by Crippen LogP contribution is -2.54. The Kier molecular flexibility index (Phi) is 20.9. The van der Waals surface area contributed by atoms with E-state index in [1.54, 1.807) is 38.1 Å². The number of ketones is 1. The van der Waals surface area contributed by atoms with Crippen molar-refractivity contribution in [2.45, 2.75) is 124 Å². The zero-order chi connectivity index (χ0) is 51.6. The summed E-state index contributed by atoms with van der Waals surface area (Å²) < 4.78 is 18.7. The molecule has 16 nitrogen and oxygen atoms in total. The van der Waals surface area contributed by atoms with Crippen molar-refractivity contribution in [3.63, 3.8) is 0 Å². The Bertz CT molecular complexity index is 2510. The lowest BCUT2D eigenvalue weighted by molar-refractivity contribution is -0.132. The number of Topliss-reactive ketones (excluding diaryl/α,β-unsaturated/α-hetero) is 1. The van der Waals surface area contributed by atoms with Crippen LogP contribution in [0.2, 0.25) is 0 Å². The van der Waals surface area contributed by atoms with Crippen molar-refractivity contribution in [2.75, 3.05) is 32.8 Å². The van der Waals surface area contributed by atoms with E-state index >= 15 is 0 Å². The summed E-state index contributed by atoms with van der Waals surface area (Å²) in [4.78, 5) is 75.8. The van der Waals surface area contributed by atoms with Crippen LogP contribution in [0.5, 0.6) is 17.2 Å². The maximum absolute atomic E-state index is 14.7. The molecule has 0 radical (unpaired) electrons. The zero-order valence-electron chi connectivity index (χ0n) is 42.3. The van der Waals surface area contributed by atoms with Crippen molar-refractivity contribution in [1.29, 1.82) is 5.26 Å². The van der Waals surface area contributed by atoms with Crippen LogP contribution in [0.25, 0.3) is 11.1 Å². The number of nitriles is 1. The summed E-state index contributed by atoms with van der Waals surface area (Å²) in [5, 5.41) is 20.4. The van der Waals surface area contributed by atoms with Gasteiger partial charge in [0.25, 0.3) is 5.91 Å². The normalized spacial score (nSPS) is 19.0. The molecule has 3 aromatic carbocycles. The van der Waals surface area contributed by atoms with Gasteiger partial charge >= 0.3 is 0 Å². The minimum absolute atomic E-state index is 0.00327. The van der Waals surface area contributed by atoms with Gasteiger partial charge in [0.2, 0.25) is 23.6 Å². The molecule has 71 heavy (non-hydrogen) atoms. The van der Waals surface area contributed by atoms with E-state index in [0.717, 1.165) is 19.3 Å². The van der Waals surface area contributed by atoms with E-state index in [9.17, 15) is 29.2 Å². The van der Waals surface area contributed by atoms with Gasteiger partial charge in [-0.25, -0.2) is 4.99 Å². The number of nitrogens with two attached hydrogens (primary N) is 2. The third-order valence-corrected chi connectivity index (χ3v) is 12.7. The summed E-state index contributed by atoms with van der Waals surface area (Å²) in [6.45, 7) is 13.5. The number of fused-ring (bicyclic) bond motifs is 5. The Morgan fingerprint density at radius 1 is 0.901 bits per heavy atom. The molecular weight excluding hydrogens is 901 g/mol. The molecular formula is C55H72N8O8. The Balaban J connectivity index is 1.50. The third-order valence-electron chi connectivity index (χ3n) is 12.7. The number of aryl methyl sites for hydroxylation is 1. The molecule has 0 aliphatic carbocycles. The number of nitrogens with zero attached hydrogens (tertiary/aromatic N) is 2. The van der Waals surface area contributed by atoms with Gasteiger partial charge in [-0.1, -0.05) is 70.9 Å². The largest absolute Gasteiger partial charge is 0.492 e. The molecule has 2 unspecified atom stereocenters. The lowest BCUT2D eigenvalue weighted by Gasteiger charge is -2.27. The molecule has 2 aliphatic rings. The standard InChI is InChI=1S/C55H72N8O8/c1-8-11-13-37-14-18-41(19-15-37)71-55-39(10-3)28-33(4)49(35(6)61-55)54(68)62-45(12-9-2)50(64)34(5)29-42-40-17-21-48(70-27-24-58)44(32-40)43-30-38(16-20-47(43)69-26-23-57)31-46(53(67)59-25-22-56)63-51(65)36(7)60-52(42)66/h14-21,28,30,32,34,36,39,42,45-46H,8-13,23-27,29,31,57-58H2,1-7H3,(H,59,67)(H,60,66)(H,62,68)(H,63,65)/t34?,36-,39?,42-,45-,46-/m0/s1. The molecule has 2 aliphatic heterocycles. The summed E-state index contributed by atoms with van der Waals surface area (Å²) in [7, 11) is 0. The van der Waals surface area contributed by atoms with Gasteiger partial charge in [-0.3, -0.25) is 24.0 Å². The van der Waals surface area contributed by atoms with Crippen molar-refractivity contribution in [3.05, 3.63) is 100 Å². The Labute approximate surface area is 418 Å². The average molecular weight is 973 g/mol. The number of carbonyl (C=O) groups excluding carboxylic acids is 5. The molecule has 16 heteroatoms. The first-order valence-electron chi connectivity index (χ1n) is 24.9. The topological polar surface area (TPSA) is 249 Å². The molecule has 8 N–H and O–H groups in total. The van der Waals surface area contributed by atoms with Gasteiger partial charge in [-0.05, 0) is 112 Å². The second-order valence-electron chi connectivity index (χ2n) is 18.3. The van der Waals surface area contributed by atoms with Gasteiger partial charge in [0.1, 0.15) is 49.1 Å². The highest BCUT2D eigenvalue weighted by Gasteiger charge is 2.35. The van der Waals surface area contributed by atoms with Gasteiger partial charge in [0.05, 0.1) is 35.2 Å². The number of ether oxygens (including phenoxy) is 3. The van der Waals surface area contributed by atoms with Crippen LogP contribution in [-0.4, -0.2) is 86.3 Å². The fourth-order valence-electron chi connectivity index (χ4n) is 8.87. The second kappa shape index (κ2) is 27.0. The summed E-state index contributed by atoms with van der Waals surface area (Å²) in [6, 6.07) is 17.4. The molecule has 0 saturated carbocycles. The first-order valence-corrected chi connectivity index (χ1v) is 24.9. The van der Waals surface area contributed by atoms with Gasteiger partial charge < -0.3 is 46.9 Å². The van der Waals surface area contributed by atoms with E-state index in [1.165, 1.54) is 12.5 Å². The smallest absolute Gasteiger partial charge is 0.253 e. The van der Waals surface area contributed by atoms with Crippen LogP contribution in [0.1, 0.15) is 110 Å². The van der Waals surface area contributed by atoms with Crippen LogP contribution >= 0.6 is 0 Å². The van der Waals surface area contributed by atoms with E-state index in [1.807, 2.05) is 57.2 Å².